The van der Waals surface area contributed by atoms with Gasteiger partial charge < -0.3 is 14.2 Å². The number of rotatable bonds is 19. The molecule has 0 bridgehead atoms. The van der Waals surface area contributed by atoms with Crippen molar-refractivity contribution in [2.45, 2.75) is 97.5 Å². The first-order valence-electron chi connectivity index (χ1n) is 15.9. The second-order valence-corrected chi connectivity index (χ2v) is 11.0. The highest BCUT2D eigenvalue weighted by Crippen LogP contribution is 2.23. The molecule has 0 saturated carbocycles. The van der Waals surface area contributed by atoms with E-state index in [-0.39, 0.29) is 23.0 Å². The van der Waals surface area contributed by atoms with E-state index in [2.05, 4.69) is 24.1 Å². The Balaban J connectivity index is 1.45. The molecular formula is C36H45FN2O5. The lowest BCUT2D eigenvalue weighted by Crippen LogP contribution is -2.16. The van der Waals surface area contributed by atoms with Crippen LogP contribution in [0.3, 0.4) is 0 Å². The summed E-state index contributed by atoms with van der Waals surface area (Å²) in [5, 5.41) is 8.47. The third kappa shape index (κ3) is 12.3. The molecule has 0 heterocycles. The number of carbonyl (C=O) groups excluding carboxylic acids is 2. The number of halogens is 1. The van der Waals surface area contributed by atoms with Gasteiger partial charge in [0.15, 0.2) is 0 Å². The number of nitrogens with zero attached hydrogens (tertiary/aromatic N) is 2. The van der Waals surface area contributed by atoms with E-state index < -0.39 is 17.8 Å². The molecule has 0 spiro atoms. The number of benzene rings is 3. The fraction of sp³-hybridized carbons (Fsp3) is 0.444. The molecule has 236 valence electrons. The molecule has 0 aliphatic carbocycles. The van der Waals surface area contributed by atoms with E-state index in [1.165, 1.54) is 44.2 Å². The van der Waals surface area contributed by atoms with Crippen molar-refractivity contribution in [3.8, 4) is 11.5 Å². The second-order valence-electron chi connectivity index (χ2n) is 11.0. The Morgan fingerprint density at radius 3 is 1.91 bits per heavy atom. The number of azo groups is 1. The average molecular weight is 605 g/mol. The molecule has 0 aliphatic rings. The molecule has 0 radical (unpaired) electrons. The minimum atomic E-state index is -0.813. The zero-order valence-corrected chi connectivity index (χ0v) is 26.2. The molecule has 0 unspecified atom stereocenters. The van der Waals surface area contributed by atoms with Crippen LogP contribution in [0, 0.1) is 5.82 Å². The van der Waals surface area contributed by atoms with Crippen LogP contribution in [0.5, 0.6) is 11.5 Å². The lowest BCUT2D eigenvalue weighted by atomic mass is 10.1. The molecule has 0 N–H and O–H groups in total. The predicted molar refractivity (Wildman–Crippen MR) is 171 cm³/mol. The van der Waals surface area contributed by atoms with Crippen molar-refractivity contribution in [3.63, 3.8) is 0 Å². The minimum Gasteiger partial charge on any atom is -0.494 e. The van der Waals surface area contributed by atoms with Gasteiger partial charge in [-0.3, -0.25) is 0 Å². The molecule has 1 atom stereocenters. The first-order valence-corrected chi connectivity index (χ1v) is 15.9. The summed E-state index contributed by atoms with van der Waals surface area (Å²) in [5.74, 6) is -1.43. The molecule has 8 heteroatoms. The van der Waals surface area contributed by atoms with E-state index in [0.29, 0.717) is 18.0 Å². The first kappa shape index (κ1) is 34.4. The van der Waals surface area contributed by atoms with Crippen LogP contribution in [0.15, 0.2) is 77.0 Å². The summed E-state index contributed by atoms with van der Waals surface area (Å²) in [5.41, 5.74) is 1.29. The van der Waals surface area contributed by atoms with E-state index >= 15 is 0 Å². The van der Waals surface area contributed by atoms with Crippen LogP contribution in [-0.4, -0.2) is 24.6 Å². The summed E-state index contributed by atoms with van der Waals surface area (Å²) in [7, 11) is 0. The van der Waals surface area contributed by atoms with Crippen molar-refractivity contribution in [2.75, 3.05) is 6.61 Å². The molecule has 0 aliphatic heterocycles. The van der Waals surface area contributed by atoms with Gasteiger partial charge in [-0.25, -0.2) is 14.0 Å². The maximum absolute atomic E-state index is 14.7. The van der Waals surface area contributed by atoms with Crippen molar-refractivity contribution in [3.05, 3.63) is 83.7 Å². The van der Waals surface area contributed by atoms with Gasteiger partial charge in [-0.15, -0.1) is 0 Å². The van der Waals surface area contributed by atoms with E-state index in [4.69, 9.17) is 14.2 Å². The van der Waals surface area contributed by atoms with Crippen LogP contribution in [0.2, 0.25) is 0 Å². The van der Waals surface area contributed by atoms with Crippen LogP contribution >= 0.6 is 0 Å². The lowest BCUT2D eigenvalue weighted by molar-refractivity contribution is 0.0314. The molecule has 3 rings (SSSR count). The SMILES string of the molecule is CCCCCCCCOc1ccc(N=Nc2ccc(C(=O)Oc3ccc(C(=O)O[C@@H](C)CCCCCC)c(F)c3)cc2)cc1. The van der Waals surface area contributed by atoms with Gasteiger partial charge in [0, 0.05) is 6.07 Å². The van der Waals surface area contributed by atoms with E-state index in [0.717, 1.165) is 50.3 Å². The summed E-state index contributed by atoms with van der Waals surface area (Å²) in [6, 6.07) is 17.5. The van der Waals surface area contributed by atoms with Gasteiger partial charge in [-0.2, -0.15) is 10.2 Å². The number of esters is 2. The fourth-order valence-corrected chi connectivity index (χ4v) is 4.52. The number of ether oxygens (including phenoxy) is 3. The highest BCUT2D eigenvalue weighted by molar-refractivity contribution is 5.92. The van der Waals surface area contributed by atoms with E-state index in [9.17, 15) is 14.0 Å². The molecule has 44 heavy (non-hydrogen) atoms. The van der Waals surface area contributed by atoms with Gasteiger partial charge in [0.1, 0.15) is 17.3 Å². The average Bonchev–Trinajstić information content (AvgIpc) is 3.02. The minimum absolute atomic E-state index is 0.0140. The summed E-state index contributed by atoms with van der Waals surface area (Å²) in [6.07, 6.45) is 12.0. The fourth-order valence-electron chi connectivity index (χ4n) is 4.52. The summed E-state index contributed by atoms with van der Waals surface area (Å²) in [6.45, 7) is 6.85. The Hall–Kier alpha value is -4.07. The molecule has 0 saturated heterocycles. The van der Waals surface area contributed by atoms with Crippen LogP contribution in [-0.2, 0) is 4.74 Å². The van der Waals surface area contributed by atoms with Crippen LogP contribution < -0.4 is 9.47 Å². The molecular weight excluding hydrogens is 559 g/mol. The van der Waals surface area contributed by atoms with Crippen LogP contribution in [0.1, 0.15) is 112 Å². The van der Waals surface area contributed by atoms with Crippen molar-refractivity contribution in [1.29, 1.82) is 0 Å². The predicted octanol–water partition coefficient (Wildman–Crippen LogP) is 10.7. The van der Waals surface area contributed by atoms with Crippen molar-refractivity contribution >= 4 is 23.3 Å². The van der Waals surface area contributed by atoms with Crippen molar-refractivity contribution in [2.24, 2.45) is 10.2 Å². The third-order valence-corrected chi connectivity index (χ3v) is 7.13. The normalized spacial score (nSPS) is 11.8. The maximum Gasteiger partial charge on any atom is 0.343 e. The zero-order valence-electron chi connectivity index (χ0n) is 26.2. The Bertz CT molecular complexity index is 1330. The van der Waals surface area contributed by atoms with Gasteiger partial charge in [-0.05, 0) is 86.8 Å². The Labute approximate surface area is 260 Å². The Morgan fingerprint density at radius 1 is 0.705 bits per heavy atom. The zero-order chi connectivity index (χ0) is 31.6. The van der Waals surface area contributed by atoms with Gasteiger partial charge in [0.2, 0.25) is 0 Å². The Morgan fingerprint density at radius 2 is 1.27 bits per heavy atom. The lowest BCUT2D eigenvalue weighted by Gasteiger charge is -2.14. The monoisotopic (exact) mass is 604 g/mol. The van der Waals surface area contributed by atoms with Gasteiger partial charge >= 0.3 is 11.9 Å². The quantitative estimate of drug-likeness (QED) is 0.0588. The van der Waals surface area contributed by atoms with E-state index in [1.54, 1.807) is 31.2 Å². The molecule has 3 aromatic rings. The molecule has 0 fully saturated rings. The number of unbranched alkanes of at least 4 members (excludes halogenated alkanes) is 8. The number of hydrogen-bond donors (Lipinski definition) is 0. The highest BCUT2D eigenvalue weighted by atomic mass is 19.1. The molecule has 3 aromatic carbocycles. The van der Waals surface area contributed by atoms with Crippen LogP contribution in [0.25, 0.3) is 0 Å². The van der Waals surface area contributed by atoms with Gasteiger partial charge in [-0.1, -0.05) is 65.2 Å². The van der Waals surface area contributed by atoms with Gasteiger partial charge in [0.05, 0.1) is 35.2 Å². The van der Waals surface area contributed by atoms with Crippen molar-refractivity contribution < 1.29 is 28.2 Å². The highest BCUT2D eigenvalue weighted by Gasteiger charge is 2.18. The molecule has 0 amide bonds. The van der Waals surface area contributed by atoms with E-state index in [1.807, 2.05) is 24.3 Å². The third-order valence-electron chi connectivity index (χ3n) is 7.13. The summed E-state index contributed by atoms with van der Waals surface area (Å²) in [4.78, 5) is 25.0. The smallest absolute Gasteiger partial charge is 0.343 e. The first-order chi connectivity index (χ1) is 21.4. The Kier molecular flexibility index (Phi) is 15.1. The molecule has 7 nitrogen and oxygen atoms in total. The largest absolute Gasteiger partial charge is 0.494 e. The standard InChI is InChI=1S/C36H45FN2O5/c1-4-6-8-10-11-13-25-42-31-21-19-30(20-22-31)39-38-29-17-15-28(16-18-29)35(40)44-32-23-24-33(34(37)26-32)36(41)43-27(3)14-12-9-7-5-2/h15-24,26-27H,4-14,25H2,1-3H3/t27-/m0/s1. The number of carbonyl (C=O) groups is 2. The van der Waals surface area contributed by atoms with Gasteiger partial charge in [0.25, 0.3) is 0 Å². The summed E-state index contributed by atoms with van der Waals surface area (Å²) < 4.78 is 31.1. The molecule has 0 aromatic heterocycles. The number of hydrogen-bond acceptors (Lipinski definition) is 7. The van der Waals surface area contributed by atoms with Crippen molar-refractivity contribution in [1.82, 2.24) is 0 Å². The van der Waals surface area contributed by atoms with Crippen LogP contribution in [0.4, 0.5) is 15.8 Å². The maximum atomic E-state index is 14.7. The summed E-state index contributed by atoms with van der Waals surface area (Å²) >= 11 is 0. The second kappa shape index (κ2) is 19.3. The topological polar surface area (TPSA) is 86.5 Å².